The summed E-state index contributed by atoms with van der Waals surface area (Å²) in [7, 11) is 0. The zero-order chi connectivity index (χ0) is 96.2. The summed E-state index contributed by atoms with van der Waals surface area (Å²) < 4.78 is 973. The smallest absolute Gasteiger partial charge is 0.290 e. The summed E-state index contributed by atoms with van der Waals surface area (Å²) in [5.74, 6) is -281. The van der Waals surface area contributed by atoms with Gasteiger partial charge >= 0.3 is 191 Å². The fourth-order valence-electron chi connectivity index (χ4n) is 9.07. The Balaban J connectivity index is 3.34. The number of ketones is 1. The minimum absolute atomic E-state index is 0.987. The molecule has 692 valence electrons. The van der Waals surface area contributed by atoms with Crippen molar-refractivity contribution in [2.75, 3.05) is 0 Å². The fourth-order valence-corrected chi connectivity index (χ4v) is 9.07. The van der Waals surface area contributed by atoms with E-state index in [2.05, 4.69) is 0 Å². The molecular formula is C49H14F68O. The molecule has 118 heavy (non-hydrogen) atoms. The summed E-state index contributed by atoms with van der Waals surface area (Å²) in [6.45, 7) is 0. The lowest BCUT2D eigenvalue weighted by atomic mass is 9.63. The lowest BCUT2D eigenvalue weighted by Gasteiger charge is -2.52. The van der Waals surface area contributed by atoms with Crippen molar-refractivity contribution in [2.24, 2.45) is 10.8 Å². The van der Waals surface area contributed by atoms with E-state index < -0.39 is 292 Å². The first-order chi connectivity index (χ1) is 50.3. The highest BCUT2D eigenvalue weighted by molar-refractivity contribution is 6.00. The van der Waals surface area contributed by atoms with Crippen molar-refractivity contribution in [2.45, 2.75) is 203 Å². The van der Waals surface area contributed by atoms with E-state index in [9.17, 15) is 233 Å². The van der Waals surface area contributed by atoms with Gasteiger partial charge in [0.1, 0.15) is 10.8 Å². The van der Waals surface area contributed by atoms with Crippen molar-refractivity contribution in [3.05, 3.63) is 71.9 Å². The Labute approximate surface area is 596 Å². The minimum atomic E-state index is -10.3. The Morgan fingerprint density at radius 3 is 0.424 bits per heavy atom. The van der Waals surface area contributed by atoms with Crippen molar-refractivity contribution in [1.29, 1.82) is 0 Å². The van der Waals surface area contributed by atoms with E-state index in [-0.39, 0.29) is 0 Å². The molecule has 0 aromatic heterocycles. The monoisotopic (exact) mass is 1910 g/mol. The predicted octanol–water partition coefficient (Wildman–Crippen LogP) is 25.5. The lowest BCUT2D eigenvalue weighted by molar-refractivity contribution is -0.481. The van der Waals surface area contributed by atoms with Crippen molar-refractivity contribution in [1.82, 2.24) is 0 Å². The maximum absolute atomic E-state index is 16.1. The first-order valence-electron chi connectivity index (χ1n) is 26.8. The molecule has 69 heteroatoms. The van der Waals surface area contributed by atoms with E-state index in [1.54, 1.807) is 0 Å². The first kappa shape index (κ1) is 107. The van der Waals surface area contributed by atoms with E-state index >= 15 is 70.2 Å². The van der Waals surface area contributed by atoms with Crippen LogP contribution in [0.2, 0.25) is 0 Å². The van der Waals surface area contributed by atoms with Crippen LogP contribution in [0.5, 0.6) is 0 Å². The van der Waals surface area contributed by atoms with Crippen LogP contribution in [0.1, 0.15) is 12.8 Å². The number of alkyl halides is 68. The van der Waals surface area contributed by atoms with Gasteiger partial charge in [-0.3, -0.25) is 4.79 Å². The first-order valence-corrected chi connectivity index (χ1v) is 26.8. The van der Waals surface area contributed by atoms with Gasteiger partial charge in [-0.05, 0) is 36.1 Å². The molecule has 0 N–H and O–H groups in total. The molecule has 0 fully saturated rings. The molecule has 0 heterocycles. The topological polar surface area (TPSA) is 17.1 Å². The van der Waals surface area contributed by atoms with Crippen LogP contribution >= 0.6 is 0 Å². The number of allylic oxidation sites excluding steroid dienone is 12. The Bertz CT molecular complexity index is 3440. The molecule has 1 nitrogen and oxygen atoms in total. The number of hydrogen-bond donors (Lipinski definition) is 0. The molecule has 0 atom stereocenters. The number of halogens is 68. The van der Waals surface area contributed by atoms with Gasteiger partial charge in [-0.2, -0.15) is 299 Å². The van der Waals surface area contributed by atoms with E-state index in [1.165, 1.54) is 0 Å². The number of hydrogen-bond acceptors (Lipinski definition) is 1. The van der Waals surface area contributed by atoms with Crippen molar-refractivity contribution in [3.8, 4) is 0 Å². The second kappa shape index (κ2) is 27.7. The third-order valence-electron chi connectivity index (χ3n) is 16.4. The quantitative estimate of drug-likeness (QED) is 0.0485. The highest BCUT2D eigenvalue weighted by Crippen LogP contribution is 2.77. The molecule has 2 aliphatic carbocycles. The molecule has 0 aromatic carbocycles. The van der Waals surface area contributed by atoms with Gasteiger partial charge in [-0.15, -0.1) is 0 Å². The van der Waals surface area contributed by atoms with E-state index in [0.29, 0.717) is 0 Å². The van der Waals surface area contributed by atoms with Gasteiger partial charge in [-0.1, -0.05) is 48.6 Å². The van der Waals surface area contributed by atoms with E-state index in [1.807, 2.05) is 0 Å². The average Bonchev–Trinajstić information content (AvgIpc) is 0.669. The van der Waals surface area contributed by atoms with Gasteiger partial charge in [0.25, 0.3) is 0 Å². The van der Waals surface area contributed by atoms with Gasteiger partial charge < -0.3 is 0 Å². The third kappa shape index (κ3) is 12.9. The molecular weight excluding hydrogens is 1900 g/mol. The van der Waals surface area contributed by atoms with Crippen LogP contribution in [-0.2, 0) is 4.79 Å². The van der Waals surface area contributed by atoms with E-state index in [0.717, 1.165) is 0 Å². The van der Waals surface area contributed by atoms with Crippen LogP contribution in [0.4, 0.5) is 299 Å². The van der Waals surface area contributed by atoms with E-state index in [4.69, 9.17) is 0 Å². The molecule has 2 aliphatic rings. The summed E-state index contributed by atoms with van der Waals surface area (Å²) >= 11 is 0. The molecule has 2 rings (SSSR count). The summed E-state index contributed by atoms with van der Waals surface area (Å²) in [6.07, 6.45) is -60.9. The fraction of sp³-hybridized carbons (Fsp3) is 0.735. The lowest BCUT2D eigenvalue weighted by Crippen LogP contribution is -2.79. The van der Waals surface area contributed by atoms with Crippen LogP contribution in [0, 0.1) is 10.8 Å². The third-order valence-corrected chi connectivity index (χ3v) is 16.4. The van der Waals surface area contributed by atoms with Crippen LogP contribution in [0.3, 0.4) is 0 Å². The highest BCUT2D eigenvalue weighted by Gasteiger charge is 3.04. The number of carbonyl (C=O) groups excluding carboxylic acids is 1. The Morgan fingerprint density at radius 1 is 0.195 bits per heavy atom. The van der Waals surface area contributed by atoms with Gasteiger partial charge in [0.15, 0.2) is 5.78 Å². The van der Waals surface area contributed by atoms with Crippen molar-refractivity contribution >= 4 is 5.78 Å². The summed E-state index contributed by atoms with van der Waals surface area (Å²) in [5.41, 5.74) is -21.5. The van der Waals surface area contributed by atoms with Crippen LogP contribution in [-0.4, -0.2) is 196 Å². The zero-order valence-corrected chi connectivity index (χ0v) is 51.8. The van der Waals surface area contributed by atoms with Crippen LogP contribution < -0.4 is 0 Å². The van der Waals surface area contributed by atoms with Gasteiger partial charge in [0.05, 0.1) is 0 Å². The highest BCUT2D eigenvalue weighted by atomic mass is 19.5. The van der Waals surface area contributed by atoms with Gasteiger partial charge in [-0.25, -0.2) is 0 Å². The van der Waals surface area contributed by atoms with Crippen molar-refractivity contribution in [3.63, 3.8) is 0 Å². The largest absolute Gasteiger partial charge is 0.460 e. The predicted molar refractivity (Wildman–Crippen MR) is 235 cm³/mol. The Morgan fingerprint density at radius 2 is 0.314 bits per heavy atom. The molecule has 0 spiro atoms. The second-order valence-corrected chi connectivity index (χ2v) is 23.6. The molecule has 0 unspecified atom stereocenters. The molecule has 0 amide bonds. The molecule has 0 bridgehead atoms. The maximum Gasteiger partial charge on any atom is 0.460 e. The maximum atomic E-state index is 16.1. The number of carbonyl (C=O) groups is 1. The minimum Gasteiger partial charge on any atom is -0.290 e. The van der Waals surface area contributed by atoms with Crippen LogP contribution in [0.15, 0.2) is 71.9 Å². The van der Waals surface area contributed by atoms with Crippen molar-refractivity contribution < 1.29 is 303 Å². The Kier molecular flexibility index (Phi) is 25.2. The second-order valence-electron chi connectivity index (χ2n) is 23.6. The summed E-state index contributed by atoms with van der Waals surface area (Å²) in [4.78, 5) is 12.6. The standard InChI is InChI=1S/C49H14F68O/c50-18(51,22(58,59)26(66,67)30(74,75)34(82,83)38(90,91)42(98,99)46(106,107)108)16(19(52,53)23(60,61)27(68,69)31(76,77)35(84,85)39(92,93)43(100,101)47(109,110)111)9-5-13(6-10-16)1-3-15(118)4-2-14-7-11-17(12-8-14,20(54,55)24(62,63)28(70,71)32(78,79)36(86,87)40(94,95)44(102,103)48(112,113)114)21(56,57)25(64,65)29(72,73)33(80,81)37(88,89)41(96,97)45(104,105)49(115,116)117/h1-9,11H,10,12H2. The summed E-state index contributed by atoms with van der Waals surface area (Å²) in [6, 6.07) is 0. The molecule has 0 aromatic rings. The Hall–Kier alpha value is -6.65. The number of rotatable bonds is 32. The van der Waals surface area contributed by atoms with Gasteiger partial charge in [0, 0.05) is 0 Å². The average molecular weight is 1910 g/mol. The SMILES string of the molecule is O=C(C=CC1=CCC(C(F)(F)C(F)(F)C(F)(F)C(F)(F)C(F)(F)C(F)(F)C(F)(F)C(F)(F)F)(C(F)(F)C(F)(F)C(F)(F)C(F)(F)C(F)(F)C(F)(F)C(F)(F)C(F)(F)F)C=C1)C=CC1=CCC(C(F)(F)C(F)(F)C(F)(F)C(F)(F)C(F)(F)C(F)(F)C(F)(F)C(F)(F)F)(C(F)(F)C(F)(F)C(F)(F)C(F)(F)C(F)(F)C(F)(F)C(F)(F)C(F)(F)F)C=C1. The molecule has 0 aliphatic heterocycles. The molecule has 0 saturated heterocycles. The van der Waals surface area contributed by atoms with Gasteiger partial charge in [0.2, 0.25) is 0 Å². The normalized spacial score (nSPS) is 18.9. The molecule has 0 saturated carbocycles. The summed E-state index contributed by atoms with van der Waals surface area (Å²) in [5, 5.41) is 0. The van der Waals surface area contributed by atoms with Crippen LogP contribution in [0.25, 0.3) is 0 Å². The zero-order valence-electron chi connectivity index (χ0n) is 51.8. The molecule has 0 radical (unpaired) electrons.